The topological polar surface area (TPSA) is 41.8 Å². The lowest BCUT2D eigenvalue weighted by atomic mass is 9.81. The summed E-state index contributed by atoms with van der Waals surface area (Å²) in [4.78, 5) is 3.47. The zero-order chi connectivity index (χ0) is 13.2. The molecule has 0 spiro atoms. The quantitative estimate of drug-likeness (QED) is 0.862. The molecule has 1 saturated carbocycles. The fourth-order valence-electron chi connectivity index (χ4n) is 3.51. The van der Waals surface area contributed by atoms with E-state index in [1.807, 2.05) is 0 Å². The van der Waals surface area contributed by atoms with E-state index < -0.39 is 0 Å². The second kappa shape index (κ2) is 5.38. The van der Waals surface area contributed by atoms with Crippen LogP contribution in [-0.4, -0.2) is 11.0 Å². The summed E-state index contributed by atoms with van der Waals surface area (Å²) in [6.07, 6.45) is 9.57. The molecule has 3 rings (SSSR count). The Bertz CT molecular complexity index is 555. The van der Waals surface area contributed by atoms with Crippen molar-refractivity contribution in [2.24, 2.45) is 11.7 Å². The molecule has 2 unspecified atom stereocenters. The molecule has 1 fully saturated rings. The predicted molar refractivity (Wildman–Crippen MR) is 81.3 cm³/mol. The van der Waals surface area contributed by atoms with Gasteiger partial charge in [-0.2, -0.15) is 0 Å². The van der Waals surface area contributed by atoms with Crippen molar-refractivity contribution >= 4 is 10.9 Å². The molecule has 1 aromatic heterocycles. The minimum absolute atomic E-state index is 0.396. The fourth-order valence-corrected chi connectivity index (χ4v) is 3.51. The first kappa shape index (κ1) is 12.7. The molecule has 0 amide bonds. The first-order valence-electron chi connectivity index (χ1n) is 7.63. The zero-order valence-electron chi connectivity index (χ0n) is 11.8. The molecule has 2 heteroatoms. The third-order valence-corrected chi connectivity index (χ3v) is 4.72. The maximum Gasteiger partial charge on any atom is 0.0489 e. The van der Waals surface area contributed by atoms with Gasteiger partial charge in [0.1, 0.15) is 0 Å². The van der Waals surface area contributed by atoms with E-state index in [-0.39, 0.29) is 0 Å². The summed E-state index contributed by atoms with van der Waals surface area (Å²) >= 11 is 0. The van der Waals surface area contributed by atoms with Gasteiger partial charge < -0.3 is 10.7 Å². The molecule has 0 bridgehead atoms. The first-order chi connectivity index (χ1) is 9.29. The van der Waals surface area contributed by atoms with Crippen molar-refractivity contribution < 1.29 is 0 Å². The molecule has 0 aliphatic heterocycles. The van der Waals surface area contributed by atoms with E-state index in [1.165, 1.54) is 47.7 Å². The summed E-state index contributed by atoms with van der Waals surface area (Å²) in [5.74, 6) is 0.665. The second-order valence-electron chi connectivity index (χ2n) is 5.92. The van der Waals surface area contributed by atoms with Crippen molar-refractivity contribution in [2.45, 2.75) is 51.5 Å². The predicted octanol–water partition coefficient (Wildman–Crippen LogP) is 3.79. The van der Waals surface area contributed by atoms with E-state index in [9.17, 15) is 0 Å². The Hall–Kier alpha value is -1.28. The number of rotatable bonds is 3. The average molecular weight is 256 g/mol. The Morgan fingerprint density at radius 3 is 2.84 bits per heavy atom. The number of H-pyrrole nitrogens is 1. The number of aromatic nitrogens is 1. The van der Waals surface area contributed by atoms with E-state index in [1.54, 1.807) is 0 Å². The number of hydrogen-bond donors (Lipinski definition) is 2. The Balaban J connectivity index is 1.89. The highest BCUT2D eigenvalue weighted by Crippen LogP contribution is 2.30. The smallest absolute Gasteiger partial charge is 0.0489 e. The van der Waals surface area contributed by atoms with Crippen molar-refractivity contribution in [1.29, 1.82) is 0 Å². The van der Waals surface area contributed by atoms with Crippen LogP contribution in [0.5, 0.6) is 0 Å². The largest absolute Gasteiger partial charge is 0.361 e. The SMILES string of the molecule is CCc1cccc2c(CC3CCCCC3N)c[nH]c12. The highest BCUT2D eigenvalue weighted by molar-refractivity contribution is 5.86. The molecule has 3 N–H and O–H groups in total. The third-order valence-electron chi connectivity index (χ3n) is 4.72. The van der Waals surface area contributed by atoms with Crippen molar-refractivity contribution in [3.63, 3.8) is 0 Å². The van der Waals surface area contributed by atoms with E-state index >= 15 is 0 Å². The van der Waals surface area contributed by atoms with Crippen LogP contribution in [0, 0.1) is 5.92 Å². The Kier molecular flexibility index (Phi) is 3.61. The Morgan fingerprint density at radius 1 is 1.21 bits per heavy atom. The van der Waals surface area contributed by atoms with Gasteiger partial charge in [-0.05, 0) is 42.7 Å². The molecule has 1 aromatic carbocycles. The second-order valence-corrected chi connectivity index (χ2v) is 5.92. The van der Waals surface area contributed by atoms with Crippen LogP contribution >= 0.6 is 0 Å². The van der Waals surface area contributed by atoms with Gasteiger partial charge in [0, 0.05) is 23.1 Å². The van der Waals surface area contributed by atoms with Crippen molar-refractivity contribution in [3.8, 4) is 0 Å². The average Bonchev–Trinajstić information content (AvgIpc) is 2.84. The molecule has 19 heavy (non-hydrogen) atoms. The van der Waals surface area contributed by atoms with Crippen molar-refractivity contribution in [1.82, 2.24) is 4.98 Å². The molecule has 1 aliphatic carbocycles. The molecular formula is C17H24N2. The van der Waals surface area contributed by atoms with Gasteiger partial charge in [-0.25, -0.2) is 0 Å². The van der Waals surface area contributed by atoms with E-state index in [2.05, 4.69) is 36.3 Å². The number of aryl methyl sites for hydroxylation is 1. The number of nitrogens with two attached hydrogens (primary N) is 1. The third kappa shape index (κ3) is 2.42. The molecule has 2 nitrogen and oxygen atoms in total. The molecule has 0 radical (unpaired) electrons. The van der Waals surface area contributed by atoms with Gasteiger partial charge in [-0.1, -0.05) is 38.0 Å². The van der Waals surface area contributed by atoms with Gasteiger partial charge in [0.05, 0.1) is 0 Å². The van der Waals surface area contributed by atoms with E-state index in [0.29, 0.717) is 12.0 Å². The minimum Gasteiger partial charge on any atom is -0.361 e. The summed E-state index contributed by atoms with van der Waals surface area (Å²) in [7, 11) is 0. The molecule has 2 aromatic rings. The number of benzene rings is 1. The summed E-state index contributed by atoms with van der Waals surface area (Å²) in [6, 6.07) is 7.04. The molecule has 1 aliphatic rings. The maximum absolute atomic E-state index is 6.29. The number of para-hydroxylation sites is 1. The summed E-state index contributed by atoms with van der Waals surface area (Å²) in [6.45, 7) is 2.21. The summed E-state index contributed by atoms with van der Waals surface area (Å²) < 4.78 is 0. The number of hydrogen-bond acceptors (Lipinski definition) is 1. The Labute approximate surface area is 115 Å². The van der Waals surface area contributed by atoms with Crippen molar-refractivity contribution in [3.05, 3.63) is 35.5 Å². The van der Waals surface area contributed by atoms with Crippen LogP contribution < -0.4 is 5.73 Å². The van der Waals surface area contributed by atoms with Crippen LogP contribution in [0.15, 0.2) is 24.4 Å². The lowest BCUT2D eigenvalue weighted by molar-refractivity contribution is 0.307. The number of fused-ring (bicyclic) bond motifs is 1. The van der Waals surface area contributed by atoms with Crippen LogP contribution in [0.25, 0.3) is 10.9 Å². The molecule has 102 valence electrons. The first-order valence-corrected chi connectivity index (χ1v) is 7.63. The standard InChI is InChI=1S/C17H24N2/c1-2-12-7-5-8-15-14(11-19-17(12)15)10-13-6-3-4-9-16(13)18/h5,7-8,11,13,16,19H,2-4,6,9-10,18H2,1H3. The minimum atomic E-state index is 0.396. The van der Waals surface area contributed by atoms with E-state index in [0.717, 1.165) is 12.8 Å². The number of aromatic amines is 1. The maximum atomic E-state index is 6.29. The monoisotopic (exact) mass is 256 g/mol. The van der Waals surface area contributed by atoms with Crippen LogP contribution in [0.4, 0.5) is 0 Å². The van der Waals surface area contributed by atoms with Crippen LogP contribution in [0.2, 0.25) is 0 Å². The number of nitrogens with one attached hydrogen (secondary N) is 1. The summed E-state index contributed by atoms with van der Waals surface area (Å²) in [5, 5.41) is 1.40. The normalized spacial score (nSPS) is 23.9. The van der Waals surface area contributed by atoms with Gasteiger partial charge >= 0.3 is 0 Å². The van der Waals surface area contributed by atoms with E-state index in [4.69, 9.17) is 5.73 Å². The van der Waals surface area contributed by atoms with Gasteiger partial charge in [0.15, 0.2) is 0 Å². The summed E-state index contributed by atoms with van der Waals surface area (Å²) in [5.41, 5.74) is 10.5. The highest BCUT2D eigenvalue weighted by atomic mass is 14.7. The zero-order valence-corrected chi connectivity index (χ0v) is 11.8. The van der Waals surface area contributed by atoms with Gasteiger partial charge in [0.2, 0.25) is 0 Å². The molecule has 0 saturated heterocycles. The Morgan fingerprint density at radius 2 is 2.05 bits per heavy atom. The fraction of sp³-hybridized carbons (Fsp3) is 0.529. The molecule has 1 heterocycles. The molecule has 2 atom stereocenters. The van der Waals surface area contributed by atoms with Gasteiger partial charge in [-0.3, -0.25) is 0 Å². The lowest BCUT2D eigenvalue weighted by Gasteiger charge is -2.28. The van der Waals surface area contributed by atoms with Gasteiger partial charge in [0.25, 0.3) is 0 Å². The van der Waals surface area contributed by atoms with Crippen molar-refractivity contribution in [2.75, 3.05) is 0 Å². The van der Waals surface area contributed by atoms with Crippen LogP contribution in [-0.2, 0) is 12.8 Å². The van der Waals surface area contributed by atoms with Crippen LogP contribution in [0.3, 0.4) is 0 Å². The molecular weight excluding hydrogens is 232 g/mol. The van der Waals surface area contributed by atoms with Crippen LogP contribution in [0.1, 0.15) is 43.7 Å². The van der Waals surface area contributed by atoms with Gasteiger partial charge in [-0.15, -0.1) is 0 Å². The highest BCUT2D eigenvalue weighted by Gasteiger charge is 2.23. The lowest BCUT2D eigenvalue weighted by Crippen LogP contribution is -2.34.